The van der Waals surface area contributed by atoms with Crippen LogP contribution in [0.5, 0.6) is 0 Å². The predicted molar refractivity (Wildman–Crippen MR) is 87.8 cm³/mol. The molecule has 0 radical (unpaired) electrons. The molecule has 0 saturated carbocycles. The number of hydrogen-bond donors (Lipinski definition) is 0. The molecule has 2 rings (SSSR count). The maximum atomic E-state index is 12.8. The Balaban J connectivity index is 2.42. The third kappa shape index (κ3) is 3.95. The van der Waals surface area contributed by atoms with Crippen molar-refractivity contribution in [2.75, 3.05) is 18.1 Å². The summed E-state index contributed by atoms with van der Waals surface area (Å²) in [5, 5.41) is 11.2. The highest BCUT2D eigenvalue weighted by molar-refractivity contribution is 6.10. The quantitative estimate of drug-likeness (QED) is 0.462. The van der Waals surface area contributed by atoms with Crippen LogP contribution < -0.4 is 4.90 Å². The van der Waals surface area contributed by atoms with Gasteiger partial charge < -0.3 is 4.74 Å². The van der Waals surface area contributed by atoms with Crippen molar-refractivity contribution in [3.05, 3.63) is 70.3 Å². The molecule has 0 spiro atoms. The van der Waals surface area contributed by atoms with Gasteiger partial charge in [-0.15, -0.1) is 0 Å². The summed E-state index contributed by atoms with van der Waals surface area (Å²) in [7, 11) is 0. The summed E-state index contributed by atoms with van der Waals surface area (Å²) in [6, 6.07) is 14.1. The Morgan fingerprint density at radius 1 is 1.08 bits per heavy atom. The van der Waals surface area contributed by atoms with E-state index in [-0.39, 0.29) is 24.4 Å². The minimum absolute atomic E-state index is 0.0874. The second-order valence-corrected chi connectivity index (χ2v) is 4.81. The number of anilines is 1. The van der Waals surface area contributed by atoms with Gasteiger partial charge in [0.1, 0.15) is 12.1 Å². The molecule has 0 aliphatic carbocycles. The van der Waals surface area contributed by atoms with Gasteiger partial charge in [-0.2, -0.15) is 0 Å². The van der Waals surface area contributed by atoms with Crippen LogP contribution in [-0.2, 0) is 9.53 Å². The maximum Gasteiger partial charge on any atom is 0.326 e. The van der Waals surface area contributed by atoms with Crippen LogP contribution in [0.15, 0.2) is 54.6 Å². The van der Waals surface area contributed by atoms with Crippen LogP contribution in [-0.4, -0.2) is 30.0 Å². The summed E-state index contributed by atoms with van der Waals surface area (Å²) in [5.74, 6) is -1.23. The monoisotopic (exact) mass is 328 g/mol. The molecule has 0 bridgehead atoms. The number of hydrogen-bond acceptors (Lipinski definition) is 5. The van der Waals surface area contributed by atoms with Gasteiger partial charge in [0, 0.05) is 11.8 Å². The fraction of sp³-hybridized carbons (Fsp3) is 0.176. The van der Waals surface area contributed by atoms with Crippen LogP contribution in [0, 0.1) is 10.1 Å². The standard InChI is InChI=1S/C17H16N2O5/c1-2-24-16(20)12-18(13-8-4-3-5-9-13)17(21)14-10-6-7-11-15(14)19(22)23/h3-11H,2,12H2,1H3. The van der Waals surface area contributed by atoms with Crippen LogP contribution in [0.4, 0.5) is 11.4 Å². The van der Waals surface area contributed by atoms with Gasteiger partial charge in [0.05, 0.1) is 11.5 Å². The van der Waals surface area contributed by atoms with Gasteiger partial charge in [-0.3, -0.25) is 24.6 Å². The second kappa shape index (κ2) is 7.87. The van der Waals surface area contributed by atoms with Gasteiger partial charge in [0.15, 0.2) is 0 Å². The molecule has 24 heavy (non-hydrogen) atoms. The number of nitrogens with zero attached hydrogens (tertiary/aromatic N) is 2. The molecule has 0 N–H and O–H groups in total. The van der Waals surface area contributed by atoms with Crippen LogP contribution in [0.2, 0.25) is 0 Å². The molecule has 0 heterocycles. The molecule has 7 heteroatoms. The Kier molecular flexibility index (Phi) is 5.62. The number of rotatable bonds is 6. The fourth-order valence-electron chi connectivity index (χ4n) is 2.18. The molecule has 0 atom stereocenters. The van der Waals surface area contributed by atoms with Gasteiger partial charge in [0.25, 0.3) is 11.6 Å². The van der Waals surface area contributed by atoms with Crippen LogP contribution >= 0.6 is 0 Å². The molecule has 0 saturated heterocycles. The zero-order valence-corrected chi connectivity index (χ0v) is 13.0. The van der Waals surface area contributed by atoms with Gasteiger partial charge in [-0.25, -0.2) is 0 Å². The van der Waals surface area contributed by atoms with E-state index in [4.69, 9.17) is 4.74 Å². The number of ether oxygens (including phenoxy) is 1. The van der Waals surface area contributed by atoms with E-state index < -0.39 is 16.8 Å². The summed E-state index contributed by atoms with van der Waals surface area (Å²) in [6.45, 7) is 1.51. The molecule has 0 aromatic heterocycles. The van der Waals surface area contributed by atoms with Crippen LogP contribution in [0.3, 0.4) is 0 Å². The second-order valence-electron chi connectivity index (χ2n) is 4.81. The number of carbonyl (C=O) groups is 2. The van der Waals surface area contributed by atoms with E-state index in [0.717, 1.165) is 0 Å². The highest BCUT2D eigenvalue weighted by Crippen LogP contribution is 2.23. The molecular formula is C17H16N2O5. The first kappa shape index (κ1) is 17.1. The first-order valence-corrected chi connectivity index (χ1v) is 7.30. The lowest BCUT2D eigenvalue weighted by atomic mass is 10.1. The Morgan fingerprint density at radius 2 is 1.71 bits per heavy atom. The number of amides is 1. The van der Waals surface area contributed by atoms with Crippen molar-refractivity contribution in [2.24, 2.45) is 0 Å². The lowest BCUT2D eigenvalue weighted by Gasteiger charge is -2.21. The molecule has 0 aliphatic rings. The third-order valence-corrected chi connectivity index (χ3v) is 3.24. The highest BCUT2D eigenvalue weighted by atomic mass is 16.6. The lowest BCUT2D eigenvalue weighted by Crippen LogP contribution is -2.36. The summed E-state index contributed by atoms with van der Waals surface area (Å²) in [5.41, 5.74) is 0.0524. The highest BCUT2D eigenvalue weighted by Gasteiger charge is 2.27. The molecular weight excluding hydrogens is 312 g/mol. The van der Waals surface area contributed by atoms with Crippen LogP contribution in [0.25, 0.3) is 0 Å². The number of esters is 1. The molecule has 1 amide bonds. The number of nitro benzene ring substituents is 1. The van der Waals surface area contributed by atoms with Gasteiger partial charge in [-0.05, 0) is 25.1 Å². The van der Waals surface area contributed by atoms with Gasteiger partial charge >= 0.3 is 5.97 Å². The average molecular weight is 328 g/mol. The Labute approximate surface area is 138 Å². The number of para-hydroxylation sites is 2. The SMILES string of the molecule is CCOC(=O)CN(C(=O)c1ccccc1[N+](=O)[O-])c1ccccc1. The molecule has 2 aromatic rings. The Hall–Kier alpha value is -3.22. The van der Waals surface area contributed by atoms with E-state index in [9.17, 15) is 19.7 Å². The minimum Gasteiger partial charge on any atom is -0.465 e. The van der Waals surface area contributed by atoms with Crippen molar-refractivity contribution in [2.45, 2.75) is 6.92 Å². The normalized spacial score (nSPS) is 10.0. The van der Waals surface area contributed by atoms with E-state index in [1.165, 1.54) is 29.2 Å². The molecule has 2 aromatic carbocycles. The van der Waals surface area contributed by atoms with E-state index >= 15 is 0 Å². The van der Waals surface area contributed by atoms with E-state index in [2.05, 4.69) is 0 Å². The smallest absolute Gasteiger partial charge is 0.326 e. The topological polar surface area (TPSA) is 89.8 Å². The zero-order chi connectivity index (χ0) is 17.5. The van der Waals surface area contributed by atoms with E-state index in [1.807, 2.05) is 0 Å². The molecule has 7 nitrogen and oxygen atoms in total. The van der Waals surface area contributed by atoms with Crippen LogP contribution in [0.1, 0.15) is 17.3 Å². The van der Waals surface area contributed by atoms with E-state index in [0.29, 0.717) is 5.69 Å². The Morgan fingerprint density at radius 3 is 2.33 bits per heavy atom. The fourth-order valence-corrected chi connectivity index (χ4v) is 2.18. The molecule has 0 fully saturated rings. The molecule has 0 aliphatic heterocycles. The van der Waals surface area contributed by atoms with Gasteiger partial charge in [-0.1, -0.05) is 30.3 Å². The largest absolute Gasteiger partial charge is 0.465 e. The van der Waals surface area contributed by atoms with E-state index in [1.54, 1.807) is 37.3 Å². The van der Waals surface area contributed by atoms with Crippen molar-refractivity contribution in [1.82, 2.24) is 0 Å². The van der Waals surface area contributed by atoms with Crippen molar-refractivity contribution < 1.29 is 19.2 Å². The average Bonchev–Trinajstić information content (AvgIpc) is 2.60. The van der Waals surface area contributed by atoms with Crippen molar-refractivity contribution in [3.63, 3.8) is 0 Å². The first-order valence-electron chi connectivity index (χ1n) is 7.30. The maximum absolute atomic E-state index is 12.8. The van der Waals surface area contributed by atoms with Crippen molar-refractivity contribution in [1.29, 1.82) is 0 Å². The number of nitro groups is 1. The lowest BCUT2D eigenvalue weighted by molar-refractivity contribution is -0.385. The number of carbonyl (C=O) groups excluding carboxylic acids is 2. The van der Waals surface area contributed by atoms with Gasteiger partial charge in [0.2, 0.25) is 0 Å². The summed E-state index contributed by atoms with van der Waals surface area (Å²) in [6.07, 6.45) is 0. The number of benzene rings is 2. The summed E-state index contributed by atoms with van der Waals surface area (Å²) in [4.78, 5) is 36.4. The zero-order valence-electron chi connectivity index (χ0n) is 13.0. The molecule has 0 unspecified atom stereocenters. The van der Waals surface area contributed by atoms with Crippen molar-refractivity contribution in [3.8, 4) is 0 Å². The Bertz CT molecular complexity index is 746. The first-order chi connectivity index (χ1) is 11.5. The predicted octanol–water partition coefficient (Wildman–Crippen LogP) is 2.80. The summed E-state index contributed by atoms with van der Waals surface area (Å²) >= 11 is 0. The molecule has 124 valence electrons. The van der Waals surface area contributed by atoms with Crippen molar-refractivity contribution >= 4 is 23.3 Å². The minimum atomic E-state index is -0.637. The summed E-state index contributed by atoms with van der Waals surface area (Å²) < 4.78 is 4.89. The third-order valence-electron chi connectivity index (χ3n) is 3.24.